The zero-order chi connectivity index (χ0) is 28.0. The van der Waals surface area contributed by atoms with E-state index in [1.54, 1.807) is 117 Å². The monoisotopic (exact) mass is 522 g/mol. The molecule has 0 bridgehead atoms. The molecule has 0 aliphatic carbocycles. The Kier molecular flexibility index (Phi) is 8.90. The zero-order valence-corrected chi connectivity index (χ0v) is 23.0. The van der Waals surface area contributed by atoms with Crippen LogP contribution >= 0.6 is 0 Å². The Balaban J connectivity index is 1.75. The summed E-state index contributed by atoms with van der Waals surface area (Å²) in [5, 5.41) is 0. The number of anilines is 4. The number of hydrogen-bond donors (Lipinski definition) is 0. The van der Waals surface area contributed by atoms with E-state index in [1.807, 2.05) is 0 Å². The number of carbonyl (C=O) groups excluding carboxylic acids is 2. The number of methoxy groups -OCH3 is 4. The Labute approximate surface area is 223 Å². The molecule has 10 nitrogen and oxygen atoms in total. The lowest BCUT2D eigenvalue weighted by Gasteiger charge is -2.27. The molecule has 0 heterocycles. The highest BCUT2D eigenvalue weighted by Crippen LogP contribution is 2.31. The van der Waals surface area contributed by atoms with Gasteiger partial charge < -0.3 is 18.9 Å². The zero-order valence-electron chi connectivity index (χ0n) is 23.0. The van der Waals surface area contributed by atoms with E-state index >= 15 is 0 Å². The van der Waals surface area contributed by atoms with Gasteiger partial charge in [0.25, 0.3) is 0 Å². The average Bonchev–Trinajstić information content (AvgIpc) is 2.97. The smallest absolute Gasteiger partial charge is 0.328 e. The number of benzene rings is 3. The minimum Gasteiger partial charge on any atom is -0.497 e. The first-order chi connectivity index (χ1) is 18.1. The second kappa shape index (κ2) is 12.1. The summed E-state index contributed by atoms with van der Waals surface area (Å²) in [6.45, 7) is 0. The molecule has 3 rings (SSSR count). The predicted octanol–water partition coefficient (Wildman–Crippen LogP) is 5.11. The molecule has 0 saturated carbocycles. The molecule has 38 heavy (non-hydrogen) atoms. The Hall–Kier alpha value is -4.60. The number of urea groups is 2. The molecule has 4 amide bonds. The highest BCUT2D eigenvalue weighted by Gasteiger charge is 2.21. The molecule has 0 radical (unpaired) electrons. The standard InChI is InChI=1S/C28H34N4O6/c1-29(27(33)31(3)21-13-23(35-5)17-24(14-21)36-6)19-9-11-20(12-10-19)30(2)28(34)32(4)22-15-25(37-7)18-26(16-22)38-8/h9-18H,1-8H3. The molecule has 10 heteroatoms. The van der Waals surface area contributed by atoms with Gasteiger partial charge in [0.1, 0.15) is 23.0 Å². The fourth-order valence-electron chi connectivity index (χ4n) is 3.76. The number of amides is 4. The Bertz CT molecular complexity index is 1140. The van der Waals surface area contributed by atoms with Crippen molar-refractivity contribution in [1.29, 1.82) is 0 Å². The van der Waals surface area contributed by atoms with Crippen LogP contribution in [0.4, 0.5) is 32.3 Å². The van der Waals surface area contributed by atoms with E-state index in [0.29, 0.717) is 45.7 Å². The highest BCUT2D eigenvalue weighted by molar-refractivity contribution is 6.04. The van der Waals surface area contributed by atoms with Crippen LogP contribution in [-0.4, -0.2) is 68.7 Å². The molecule has 0 unspecified atom stereocenters. The van der Waals surface area contributed by atoms with Crippen molar-refractivity contribution in [3.8, 4) is 23.0 Å². The Morgan fingerprint density at radius 1 is 0.447 bits per heavy atom. The molecule has 0 fully saturated rings. The van der Waals surface area contributed by atoms with Gasteiger partial charge in [-0.15, -0.1) is 0 Å². The summed E-state index contributed by atoms with van der Waals surface area (Å²) in [6, 6.07) is 17.1. The van der Waals surface area contributed by atoms with Gasteiger partial charge >= 0.3 is 12.1 Å². The summed E-state index contributed by atoms with van der Waals surface area (Å²) in [6.07, 6.45) is 0. The van der Waals surface area contributed by atoms with Gasteiger partial charge in [-0.1, -0.05) is 0 Å². The maximum atomic E-state index is 13.2. The van der Waals surface area contributed by atoms with E-state index < -0.39 is 0 Å². The van der Waals surface area contributed by atoms with Crippen LogP contribution in [0.1, 0.15) is 0 Å². The maximum Gasteiger partial charge on any atom is 0.328 e. The van der Waals surface area contributed by atoms with Crippen molar-refractivity contribution in [1.82, 2.24) is 0 Å². The molecule has 0 aliphatic heterocycles. The first-order valence-electron chi connectivity index (χ1n) is 11.7. The van der Waals surface area contributed by atoms with Crippen molar-refractivity contribution in [3.05, 3.63) is 60.7 Å². The predicted molar refractivity (Wildman–Crippen MR) is 150 cm³/mol. The highest BCUT2D eigenvalue weighted by atomic mass is 16.5. The molecule has 3 aromatic rings. The van der Waals surface area contributed by atoms with Gasteiger partial charge in [-0.25, -0.2) is 9.59 Å². The molecular weight excluding hydrogens is 488 g/mol. The summed E-state index contributed by atoms with van der Waals surface area (Å²) in [5.74, 6) is 2.32. The fourth-order valence-corrected chi connectivity index (χ4v) is 3.76. The third-order valence-electron chi connectivity index (χ3n) is 6.22. The van der Waals surface area contributed by atoms with Crippen LogP contribution in [0.25, 0.3) is 0 Å². The van der Waals surface area contributed by atoms with Gasteiger partial charge in [-0.05, 0) is 24.3 Å². The van der Waals surface area contributed by atoms with Crippen molar-refractivity contribution >= 4 is 34.8 Å². The number of rotatable bonds is 8. The van der Waals surface area contributed by atoms with Crippen LogP contribution in [0.15, 0.2) is 60.7 Å². The first kappa shape index (κ1) is 28.0. The van der Waals surface area contributed by atoms with Crippen molar-refractivity contribution < 1.29 is 28.5 Å². The van der Waals surface area contributed by atoms with Crippen LogP contribution in [0.5, 0.6) is 23.0 Å². The second-order valence-corrected chi connectivity index (χ2v) is 8.46. The molecule has 0 N–H and O–H groups in total. The third-order valence-corrected chi connectivity index (χ3v) is 6.22. The minimum atomic E-state index is -0.260. The van der Waals surface area contributed by atoms with E-state index in [9.17, 15) is 9.59 Å². The van der Waals surface area contributed by atoms with Crippen molar-refractivity contribution in [2.75, 3.05) is 76.2 Å². The van der Waals surface area contributed by atoms with Crippen LogP contribution < -0.4 is 38.5 Å². The molecule has 0 aromatic heterocycles. The Morgan fingerprint density at radius 2 is 0.684 bits per heavy atom. The lowest BCUT2D eigenvalue weighted by atomic mass is 10.2. The van der Waals surface area contributed by atoms with Gasteiger partial charge in [0.05, 0.1) is 39.8 Å². The van der Waals surface area contributed by atoms with E-state index in [4.69, 9.17) is 18.9 Å². The molecular formula is C28H34N4O6. The number of ether oxygens (including phenoxy) is 4. The molecule has 0 saturated heterocycles. The third kappa shape index (κ3) is 6.03. The summed E-state index contributed by atoms with van der Waals surface area (Å²) < 4.78 is 21.3. The lowest BCUT2D eigenvalue weighted by Crippen LogP contribution is -2.39. The van der Waals surface area contributed by atoms with Gasteiger partial charge in [-0.3, -0.25) is 19.6 Å². The summed E-state index contributed by atoms with van der Waals surface area (Å²) in [5.41, 5.74) is 2.56. The van der Waals surface area contributed by atoms with Crippen LogP contribution in [0.3, 0.4) is 0 Å². The molecule has 0 aliphatic rings. The van der Waals surface area contributed by atoms with E-state index in [2.05, 4.69) is 0 Å². The van der Waals surface area contributed by atoms with Crippen LogP contribution in [0, 0.1) is 0 Å². The Morgan fingerprint density at radius 3 is 0.921 bits per heavy atom. The molecule has 0 atom stereocenters. The van der Waals surface area contributed by atoms with Crippen LogP contribution in [0.2, 0.25) is 0 Å². The lowest BCUT2D eigenvalue weighted by molar-refractivity contribution is 0.253. The molecule has 3 aromatic carbocycles. The van der Waals surface area contributed by atoms with Gasteiger partial charge in [0.15, 0.2) is 0 Å². The van der Waals surface area contributed by atoms with Crippen molar-refractivity contribution in [2.24, 2.45) is 0 Å². The topological polar surface area (TPSA) is 84.0 Å². The second-order valence-electron chi connectivity index (χ2n) is 8.46. The SMILES string of the molecule is COc1cc(OC)cc(N(C)C(=O)N(C)c2ccc(N(C)C(=O)N(C)c3cc(OC)cc(OC)c3)cc2)c1. The van der Waals surface area contributed by atoms with E-state index in [-0.39, 0.29) is 12.1 Å². The largest absolute Gasteiger partial charge is 0.497 e. The number of nitrogens with zero attached hydrogens (tertiary/aromatic N) is 4. The quantitative estimate of drug-likeness (QED) is 0.409. The van der Waals surface area contributed by atoms with Gasteiger partial charge in [0, 0.05) is 76.0 Å². The van der Waals surface area contributed by atoms with Crippen molar-refractivity contribution in [3.63, 3.8) is 0 Å². The fraction of sp³-hybridized carbons (Fsp3) is 0.286. The summed E-state index contributed by atoms with van der Waals surface area (Å²) in [4.78, 5) is 32.5. The average molecular weight is 523 g/mol. The molecule has 202 valence electrons. The number of carbonyl (C=O) groups is 2. The molecule has 0 spiro atoms. The van der Waals surface area contributed by atoms with Crippen molar-refractivity contribution in [2.45, 2.75) is 0 Å². The van der Waals surface area contributed by atoms with Gasteiger partial charge in [-0.2, -0.15) is 0 Å². The normalized spacial score (nSPS) is 10.3. The number of hydrogen-bond acceptors (Lipinski definition) is 6. The van der Waals surface area contributed by atoms with E-state index in [1.165, 1.54) is 19.6 Å². The van der Waals surface area contributed by atoms with Gasteiger partial charge in [0.2, 0.25) is 0 Å². The first-order valence-corrected chi connectivity index (χ1v) is 11.7. The van der Waals surface area contributed by atoms with E-state index in [0.717, 1.165) is 0 Å². The summed E-state index contributed by atoms with van der Waals surface area (Å²) >= 11 is 0. The maximum absolute atomic E-state index is 13.2. The minimum absolute atomic E-state index is 0.260. The summed E-state index contributed by atoms with van der Waals surface area (Å²) in [7, 11) is 13.0. The van der Waals surface area contributed by atoms with Crippen LogP contribution in [-0.2, 0) is 0 Å².